The lowest BCUT2D eigenvalue weighted by molar-refractivity contribution is 0.660. The summed E-state index contributed by atoms with van der Waals surface area (Å²) < 4.78 is 3.10. The molecule has 0 amide bonds. The van der Waals surface area contributed by atoms with Crippen molar-refractivity contribution >= 4 is 32.4 Å². The van der Waals surface area contributed by atoms with Gasteiger partial charge in [-0.25, -0.2) is 4.98 Å². The van der Waals surface area contributed by atoms with Crippen LogP contribution in [0.4, 0.5) is 10.8 Å². The van der Waals surface area contributed by atoms with Crippen molar-refractivity contribution in [3.63, 3.8) is 0 Å². The van der Waals surface area contributed by atoms with E-state index in [1.165, 1.54) is 10.3 Å². The molecule has 1 N–H and O–H groups in total. The fourth-order valence-corrected chi connectivity index (χ4v) is 2.83. The van der Waals surface area contributed by atoms with E-state index in [1.807, 2.05) is 17.1 Å². The molecule has 18 heavy (non-hydrogen) atoms. The number of thiazole rings is 1. The van der Waals surface area contributed by atoms with E-state index in [0.29, 0.717) is 0 Å². The largest absolute Gasteiger partial charge is 0.329 e. The molecular weight excluding hydrogens is 244 g/mol. The fourth-order valence-electron chi connectivity index (χ4n) is 1.86. The second-order valence-electron chi connectivity index (χ2n) is 4.15. The zero-order chi connectivity index (χ0) is 12.5. The number of rotatable bonds is 3. The molecule has 92 valence electrons. The highest BCUT2D eigenvalue weighted by molar-refractivity contribution is 7.22. The minimum Gasteiger partial charge on any atom is -0.329 e. The number of nitrogens with zero attached hydrogens (tertiary/aromatic N) is 3. The molecule has 0 bridgehead atoms. The minimum atomic E-state index is 0.876. The van der Waals surface area contributed by atoms with Crippen molar-refractivity contribution in [1.82, 2.24) is 14.8 Å². The van der Waals surface area contributed by atoms with Crippen LogP contribution in [0.5, 0.6) is 0 Å². The average Bonchev–Trinajstić information content (AvgIpc) is 2.96. The van der Waals surface area contributed by atoms with Crippen LogP contribution in [0.2, 0.25) is 0 Å². The Labute approximate surface area is 109 Å². The van der Waals surface area contributed by atoms with Gasteiger partial charge in [-0.2, -0.15) is 5.10 Å². The highest BCUT2D eigenvalue weighted by Gasteiger charge is 2.06. The summed E-state index contributed by atoms with van der Waals surface area (Å²) in [5.41, 5.74) is 3.27. The topological polar surface area (TPSA) is 42.7 Å². The van der Waals surface area contributed by atoms with E-state index in [1.54, 1.807) is 11.3 Å². The predicted molar refractivity (Wildman–Crippen MR) is 75.5 cm³/mol. The summed E-state index contributed by atoms with van der Waals surface area (Å²) in [6.07, 6.45) is 3.81. The Kier molecular flexibility index (Phi) is 2.76. The molecule has 2 heterocycles. The minimum absolute atomic E-state index is 0.876. The number of benzene rings is 1. The van der Waals surface area contributed by atoms with Crippen molar-refractivity contribution in [1.29, 1.82) is 0 Å². The summed E-state index contributed by atoms with van der Waals surface area (Å²) in [5, 5.41) is 8.44. The smallest absolute Gasteiger partial charge is 0.188 e. The Morgan fingerprint density at radius 1 is 1.39 bits per heavy atom. The van der Waals surface area contributed by atoms with Crippen LogP contribution in [-0.2, 0) is 6.54 Å². The first-order valence-electron chi connectivity index (χ1n) is 5.92. The molecule has 1 aromatic carbocycles. The lowest BCUT2D eigenvalue weighted by atomic mass is 10.2. The zero-order valence-corrected chi connectivity index (χ0v) is 11.2. The Morgan fingerprint density at radius 3 is 3.00 bits per heavy atom. The molecular formula is C13H14N4S. The van der Waals surface area contributed by atoms with Crippen LogP contribution in [0, 0.1) is 6.92 Å². The lowest BCUT2D eigenvalue weighted by Crippen LogP contribution is -1.92. The fraction of sp³-hybridized carbons (Fsp3) is 0.231. The third-order valence-electron chi connectivity index (χ3n) is 2.83. The summed E-state index contributed by atoms with van der Waals surface area (Å²) >= 11 is 1.66. The molecule has 2 aromatic heterocycles. The van der Waals surface area contributed by atoms with E-state index >= 15 is 0 Å². The summed E-state index contributed by atoms with van der Waals surface area (Å²) in [6.45, 7) is 5.03. The van der Waals surface area contributed by atoms with Gasteiger partial charge in [-0.1, -0.05) is 23.5 Å². The van der Waals surface area contributed by atoms with Crippen molar-refractivity contribution in [3.8, 4) is 0 Å². The van der Waals surface area contributed by atoms with Gasteiger partial charge < -0.3 is 5.32 Å². The standard InChI is InChI=1S/C13H14N4S/c1-3-17-8-10(7-14-17)15-13-16-12-9(2)5-4-6-11(12)18-13/h4-8H,3H2,1-2H3,(H,15,16). The van der Waals surface area contributed by atoms with Crippen LogP contribution < -0.4 is 5.32 Å². The molecule has 0 atom stereocenters. The van der Waals surface area contributed by atoms with Gasteiger partial charge in [0, 0.05) is 12.7 Å². The van der Waals surface area contributed by atoms with Crippen LogP contribution in [0.15, 0.2) is 30.6 Å². The van der Waals surface area contributed by atoms with Gasteiger partial charge in [0.25, 0.3) is 0 Å². The molecule has 0 fully saturated rings. The van der Waals surface area contributed by atoms with E-state index in [2.05, 4.69) is 47.4 Å². The number of aryl methyl sites for hydroxylation is 2. The first-order chi connectivity index (χ1) is 8.76. The Bertz CT molecular complexity index is 683. The quantitative estimate of drug-likeness (QED) is 0.781. The first-order valence-corrected chi connectivity index (χ1v) is 6.73. The molecule has 0 spiro atoms. The van der Waals surface area contributed by atoms with Gasteiger partial charge in [0.2, 0.25) is 0 Å². The molecule has 0 radical (unpaired) electrons. The molecule has 0 unspecified atom stereocenters. The number of nitrogens with one attached hydrogen (secondary N) is 1. The highest BCUT2D eigenvalue weighted by Crippen LogP contribution is 2.29. The van der Waals surface area contributed by atoms with Crippen LogP contribution in [-0.4, -0.2) is 14.8 Å². The molecule has 0 aliphatic heterocycles. The van der Waals surface area contributed by atoms with Crippen molar-refractivity contribution in [2.24, 2.45) is 0 Å². The van der Waals surface area contributed by atoms with Crippen molar-refractivity contribution in [2.75, 3.05) is 5.32 Å². The molecule has 3 rings (SSSR count). The van der Waals surface area contributed by atoms with Gasteiger partial charge in [0.05, 0.1) is 22.1 Å². The molecule has 0 saturated carbocycles. The third kappa shape index (κ3) is 1.97. The summed E-state index contributed by atoms with van der Waals surface area (Å²) in [6, 6.07) is 6.25. The highest BCUT2D eigenvalue weighted by atomic mass is 32.1. The van der Waals surface area contributed by atoms with Crippen LogP contribution in [0.25, 0.3) is 10.2 Å². The predicted octanol–water partition coefficient (Wildman–Crippen LogP) is 3.56. The molecule has 0 aliphatic rings. The second-order valence-corrected chi connectivity index (χ2v) is 5.18. The maximum Gasteiger partial charge on any atom is 0.188 e. The Morgan fingerprint density at radius 2 is 2.28 bits per heavy atom. The number of para-hydroxylation sites is 1. The van der Waals surface area contributed by atoms with E-state index in [0.717, 1.165) is 22.9 Å². The maximum absolute atomic E-state index is 4.61. The summed E-state index contributed by atoms with van der Waals surface area (Å²) in [4.78, 5) is 4.61. The Balaban J connectivity index is 1.93. The van der Waals surface area contributed by atoms with E-state index < -0.39 is 0 Å². The van der Waals surface area contributed by atoms with Gasteiger partial charge in [0.1, 0.15) is 0 Å². The molecule has 0 saturated heterocycles. The van der Waals surface area contributed by atoms with Gasteiger partial charge in [-0.05, 0) is 25.5 Å². The van der Waals surface area contributed by atoms with Crippen LogP contribution in [0.1, 0.15) is 12.5 Å². The number of aromatic nitrogens is 3. The number of hydrogen-bond acceptors (Lipinski definition) is 4. The number of anilines is 2. The van der Waals surface area contributed by atoms with Crippen molar-refractivity contribution < 1.29 is 0 Å². The second kappa shape index (κ2) is 4.42. The molecule has 4 nitrogen and oxygen atoms in total. The van der Waals surface area contributed by atoms with Crippen molar-refractivity contribution in [2.45, 2.75) is 20.4 Å². The van der Waals surface area contributed by atoms with Crippen LogP contribution >= 0.6 is 11.3 Å². The molecule has 0 aliphatic carbocycles. The third-order valence-corrected chi connectivity index (χ3v) is 3.77. The van der Waals surface area contributed by atoms with Crippen molar-refractivity contribution in [3.05, 3.63) is 36.2 Å². The van der Waals surface area contributed by atoms with E-state index in [9.17, 15) is 0 Å². The SMILES string of the molecule is CCn1cc(Nc2nc3c(C)cccc3s2)cn1. The van der Waals surface area contributed by atoms with Crippen LogP contribution in [0.3, 0.4) is 0 Å². The zero-order valence-electron chi connectivity index (χ0n) is 10.3. The van der Waals surface area contributed by atoms with E-state index in [4.69, 9.17) is 0 Å². The van der Waals surface area contributed by atoms with Gasteiger partial charge in [-0.15, -0.1) is 0 Å². The lowest BCUT2D eigenvalue weighted by Gasteiger charge is -1.96. The van der Waals surface area contributed by atoms with Gasteiger partial charge in [0.15, 0.2) is 5.13 Å². The molecule has 5 heteroatoms. The van der Waals surface area contributed by atoms with E-state index in [-0.39, 0.29) is 0 Å². The first kappa shape index (κ1) is 11.2. The van der Waals surface area contributed by atoms with Gasteiger partial charge in [-0.3, -0.25) is 4.68 Å². The Hall–Kier alpha value is -1.88. The average molecular weight is 258 g/mol. The number of hydrogen-bond donors (Lipinski definition) is 1. The monoisotopic (exact) mass is 258 g/mol. The summed E-state index contributed by atoms with van der Waals surface area (Å²) in [5.74, 6) is 0. The van der Waals surface area contributed by atoms with Gasteiger partial charge >= 0.3 is 0 Å². The normalized spacial score (nSPS) is 11.0. The molecule has 3 aromatic rings. The number of fused-ring (bicyclic) bond motifs is 1. The summed E-state index contributed by atoms with van der Waals surface area (Å²) in [7, 11) is 0. The maximum atomic E-state index is 4.61.